The normalized spacial score (nSPS) is 13.1. The number of nitrogens with zero attached hydrogens (tertiary/aromatic N) is 3. The second kappa shape index (κ2) is 11.9. The van der Waals surface area contributed by atoms with E-state index in [9.17, 15) is 0 Å². The van der Waals surface area contributed by atoms with Gasteiger partial charge in [-0.05, 0) is 62.4 Å². The van der Waals surface area contributed by atoms with Gasteiger partial charge in [-0.15, -0.1) is 0 Å². The van der Waals surface area contributed by atoms with E-state index in [1.54, 1.807) is 0 Å². The molecular formula is C50H31N3O. The van der Waals surface area contributed by atoms with Crippen LogP contribution in [-0.4, -0.2) is 15.0 Å². The average molecular weight is 690 g/mol. The number of ether oxygens (including phenoxy) is 1. The number of hydrogen-bond acceptors (Lipinski definition) is 4. The molecule has 0 bridgehead atoms. The molecule has 0 radical (unpaired) electrons. The van der Waals surface area contributed by atoms with Crippen molar-refractivity contribution in [3.8, 4) is 67.9 Å². The summed E-state index contributed by atoms with van der Waals surface area (Å²) in [5, 5.41) is 2.23. The monoisotopic (exact) mass is 689 g/mol. The summed E-state index contributed by atoms with van der Waals surface area (Å²) in [5.74, 6) is 3.62. The molecule has 0 fully saturated rings. The maximum absolute atomic E-state index is 6.58. The van der Waals surface area contributed by atoms with Gasteiger partial charge in [0.2, 0.25) is 0 Å². The topological polar surface area (TPSA) is 47.9 Å². The SMILES string of the molecule is c1ccc(-c2cccc(-c3nc(-c4cccc5c4-c4ccccc4C54c5ccccc5Oc5ccccc54)nc(-c4cccc5ccccc45)n3)c2)cc1. The van der Waals surface area contributed by atoms with Gasteiger partial charge in [0.15, 0.2) is 17.5 Å². The molecule has 0 unspecified atom stereocenters. The smallest absolute Gasteiger partial charge is 0.164 e. The highest BCUT2D eigenvalue weighted by Crippen LogP contribution is 2.63. The molecule has 0 amide bonds. The molecule has 0 N–H and O–H groups in total. The molecule has 9 aromatic rings. The number of para-hydroxylation sites is 2. The lowest BCUT2D eigenvalue weighted by Gasteiger charge is -2.39. The van der Waals surface area contributed by atoms with Crippen molar-refractivity contribution in [2.75, 3.05) is 0 Å². The molecule has 1 spiro atoms. The summed E-state index contributed by atoms with van der Waals surface area (Å²) in [5.41, 5.74) is 11.4. The minimum atomic E-state index is -0.592. The zero-order chi connectivity index (χ0) is 35.6. The zero-order valence-corrected chi connectivity index (χ0v) is 29.1. The Morgan fingerprint density at radius 2 is 0.870 bits per heavy atom. The van der Waals surface area contributed by atoms with Gasteiger partial charge in [0.25, 0.3) is 0 Å². The molecule has 8 aromatic carbocycles. The predicted molar refractivity (Wildman–Crippen MR) is 216 cm³/mol. The molecule has 1 aliphatic carbocycles. The van der Waals surface area contributed by atoms with Gasteiger partial charge in [0, 0.05) is 27.8 Å². The highest BCUT2D eigenvalue weighted by atomic mass is 16.5. The van der Waals surface area contributed by atoms with Crippen molar-refractivity contribution in [1.29, 1.82) is 0 Å². The van der Waals surface area contributed by atoms with Crippen LogP contribution >= 0.6 is 0 Å². The highest BCUT2D eigenvalue weighted by Gasteiger charge is 2.51. The molecule has 11 rings (SSSR count). The fraction of sp³-hybridized carbons (Fsp3) is 0.0200. The Bertz CT molecular complexity index is 2880. The van der Waals surface area contributed by atoms with Crippen molar-refractivity contribution < 1.29 is 4.74 Å². The van der Waals surface area contributed by atoms with Crippen LogP contribution in [-0.2, 0) is 5.41 Å². The average Bonchev–Trinajstić information content (AvgIpc) is 3.54. The summed E-state index contributed by atoms with van der Waals surface area (Å²) in [4.78, 5) is 15.9. The number of aromatic nitrogens is 3. The fourth-order valence-electron chi connectivity index (χ4n) is 8.72. The summed E-state index contributed by atoms with van der Waals surface area (Å²) in [6, 6.07) is 65.9. The lowest BCUT2D eigenvalue weighted by atomic mass is 9.66. The molecule has 1 aromatic heterocycles. The minimum absolute atomic E-state index is 0.592. The molecule has 54 heavy (non-hydrogen) atoms. The molecule has 2 aliphatic rings. The van der Waals surface area contributed by atoms with Gasteiger partial charge in [0.05, 0.1) is 5.41 Å². The number of benzene rings is 8. The molecule has 0 atom stereocenters. The van der Waals surface area contributed by atoms with Crippen LogP contribution in [0.4, 0.5) is 0 Å². The van der Waals surface area contributed by atoms with E-state index >= 15 is 0 Å². The first-order chi connectivity index (χ1) is 26.8. The Kier molecular flexibility index (Phi) is 6.73. The first-order valence-electron chi connectivity index (χ1n) is 18.3. The van der Waals surface area contributed by atoms with E-state index in [2.05, 4.69) is 170 Å². The summed E-state index contributed by atoms with van der Waals surface area (Å²) in [7, 11) is 0. The van der Waals surface area contributed by atoms with Crippen LogP contribution in [0.5, 0.6) is 11.5 Å². The van der Waals surface area contributed by atoms with E-state index in [-0.39, 0.29) is 0 Å². The molecule has 4 heteroatoms. The molecule has 252 valence electrons. The molecule has 0 saturated heterocycles. The van der Waals surface area contributed by atoms with Crippen LogP contribution in [0.25, 0.3) is 67.2 Å². The van der Waals surface area contributed by atoms with Crippen molar-refractivity contribution in [2.45, 2.75) is 5.41 Å². The Morgan fingerprint density at radius 1 is 0.352 bits per heavy atom. The van der Waals surface area contributed by atoms with Crippen molar-refractivity contribution in [2.24, 2.45) is 0 Å². The number of hydrogen-bond donors (Lipinski definition) is 0. The third-order valence-electron chi connectivity index (χ3n) is 11.0. The van der Waals surface area contributed by atoms with Gasteiger partial charge >= 0.3 is 0 Å². The van der Waals surface area contributed by atoms with E-state index in [1.165, 1.54) is 11.1 Å². The Hall–Kier alpha value is -7.17. The third kappa shape index (κ3) is 4.47. The number of fused-ring (bicyclic) bond motifs is 10. The van der Waals surface area contributed by atoms with Crippen LogP contribution in [0.2, 0.25) is 0 Å². The Balaban J connectivity index is 1.20. The lowest BCUT2D eigenvalue weighted by Crippen LogP contribution is -2.32. The molecule has 4 nitrogen and oxygen atoms in total. The largest absolute Gasteiger partial charge is 0.457 e. The van der Waals surface area contributed by atoms with Crippen molar-refractivity contribution >= 4 is 10.8 Å². The summed E-state index contributed by atoms with van der Waals surface area (Å²) >= 11 is 0. The number of rotatable bonds is 4. The first-order valence-corrected chi connectivity index (χ1v) is 18.3. The van der Waals surface area contributed by atoms with Gasteiger partial charge in [-0.2, -0.15) is 0 Å². The predicted octanol–water partition coefficient (Wildman–Crippen LogP) is 12.2. The minimum Gasteiger partial charge on any atom is -0.457 e. The Morgan fingerprint density at radius 3 is 1.69 bits per heavy atom. The Labute approximate surface area is 313 Å². The maximum atomic E-state index is 6.58. The van der Waals surface area contributed by atoms with Crippen LogP contribution in [0.1, 0.15) is 22.3 Å². The van der Waals surface area contributed by atoms with Crippen LogP contribution in [0, 0.1) is 0 Å². The van der Waals surface area contributed by atoms with Crippen LogP contribution in [0.15, 0.2) is 188 Å². The van der Waals surface area contributed by atoms with Gasteiger partial charge < -0.3 is 4.74 Å². The fourth-order valence-corrected chi connectivity index (χ4v) is 8.72. The van der Waals surface area contributed by atoms with Gasteiger partial charge in [-0.25, -0.2) is 15.0 Å². The van der Waals surface area contributed by atoms with Crippen molar-refractivity contribution in [3.05, 3.63) is 210 Å². The van der Waals surface area contributed by atoms with Gasteiger partial charge in [-0.1, -0.05) is 170 Å². The highest BCUT2D eigenvalue weighted by molar-refractivity contribution is 5.97. The van der Waals surface area contributed by atoms with Crippen LogP contribution < -0.4 is 4.74 Å². The first kappa shape index (κ1) is 30.5. The molecule has 2 heterocycles. The molecule has 1 aliphatic heterocycles. The van der Waals surface area contributed by atoms with Crippen molar-refractivity contribution in [3.63, 3.8) is 0 Å². The van der Waals surface area contributed by atoms with E-state index in [0.717, 1.165) is 72.3 Å². The van der Waals surface area contributed by atoms with E-state index in [1.807, 2.05) is 18.2 Å². The summed E-state index contributed by atoms with van der Waals surface area (Å²) in [6.07, 6.45) is 0. The quantitative estimate of drug-likeness (QED) is 0.185. The van der Waals surface area contributed by atoms with E-state index in [0.29, 0.717) is 17.5 Å². The van der Waals surface area contributed by atoms with Gasteiger partial charge in [0.1, 0.15) is 11.5 Å². The van der Waals surface area contributed by atoms with Crippen LogP contribution in [0.3, 0.4) is 0 Å². The molecular weight excluding hydrogens is 659 g/mol. The second-order valence-electron chi connectivity index (χ2n) is 13.9. The van der Waals surface area contributed by atoms with E-state index < -0.39 is 5.41 Å². The summed E-state index contributed by atoms with van der Waals surface area (Å²) < 4.78 is 6.58. The second-order valence-corrected chi connectivity index (χ2v) is 13.9. The lowest BCUT2D eigenvalue weighted by molar-refractivity contribution is 0.436. The third-order valence-corrected chi connectivity index (χ3v) is 11.0. The molecule has 0 saturated carbocycles. The summed E-state index contributed by atoms with van der Waals surface area (Å²) in [6.45, 7) is 0. The van der Waals surface area contributed by atoms with Crippen molar-refractivity contribution in [1.82, 2.24) is 15.0 Å². The van der Waals surface area contributed by atoms with E-state index in [4.69, 9.17) is 19.7 Å². The van der Waals surface area contributed by atoms with Gasteiger partial charge in [-0.3, -0.25) is 0 Å². The standard InChI is InChI=1S/C50H31N3O/c1-2-15-32(16-3-1)34-19-12-20-35(31-34)47-51-48(37-23-13-18-33-17-4-5-21-36(33)37)53-49(52-47)39-24-14-28-43-46(39)38-22-6-7-25-40(38)50(43)41-26-8-10-29-44(41)54-45-30-11-9-27-42(45)50/h1-31H. The zero-order valence-electron chi connectivity index (χ0n) is 29.1. The maximum Gasteiger partial charge on any atom is 0.164 e.